The Morgan fingerprint density at radius 1 is 1.18 bits per heavy atom. The first-order chi connectivity index (χ1) is 8.00. The fourth-order valence-corrected chi connectivity index (χ4v) is 4.68. The lowest BCUT2D eigenvalue weighted by Gasteiger charge is -2.26. The van der Waals surface area contributed by atoms with Crippen molar-refractivity contribution in [3.05, 3.63) is 0 Å². The van der Waals surface area contributed by atoms with Crippen LogP contribution in [0.3, 0.4) is 0 Å². The fraction of sp³-hybridized carbons (Fsp3) is 1.00. The molecule has 1 aliphatic heterocycles. The van der Waals surface area contributed by atoms with Gasteiger partial charge >= 0.3 is 0 Å². The van der Waals surface area contributed by atoms with Gasteiger partial charge in [-0.05, 0) is 44.1 Å². The molecule has 2 aliphatic rings. The van der Waals surface area contributed by atoms with Crippen molar-refractivity contribution in [3.63, 3.8) is 0 Å². The van der Waals surface area contributed by atoms with Crippen LogP contribution in [0.4, 0.5) is 0 Å². The third-order valence-electron chi connectivity index (χ3n) is 4.47. The summed E-state index contributed by atoms with van der Waals surface area (Å²) in [4.78, 5) is 0. The average molecular weight is 260 g/mol. The molecule has 0 aromatic carbocycles. The molecule has 0 bridgehead atoms. The molecule has 1 heterocycles. The zero-order valence-electron chi connectivity index (χ0n) is 10.8. The van der Waals surface area contributed by atoms with Gasteiger partial charge in [0.05, 0.1) is 5.25 Å². The molecule has 4 nitrogen and oxygen atoms in total. The number of sulfonamides is 1. The predicted octanol–water partition coefficient (Wildman–Crippen LogP) is 1.09. The first-order valence-electron chi connectivity index (χ1n) is 6.72. The Hall–Kier alpha value is -0.130. The van der Waals surface area contributed by atoms with Gasteiger partial charge in [0, 0.05) is 12.6 Å². The third-order valence-corrected chi connectivity index (χ3v) is 6.38. The van der Waals surface area contributed by atoms with E-state index in [1.807, 2.05) is 0 Å². The summed E-state index contributed by atoms with van der Waals surface area (Å²) in [5.41, 5.74) is 0. The van der Waals surface area contributed by atoms with Crippen LogP contribution in [-0.4, -0.2) is 32.8 Å². The van der Waals surface area contributed by atoms with Crippen LogP contribution < -0.4 is 10.0 Å². The largest absolute Gasteiger partial charge is 0.315 e. The van der Waals surface area contributed by atoms with Gasteiger partial charge in [0.1, 0.15) is 0 Å². The molecule has 2 N–H and O–H groups in total. The molecule has 2 fully saturated rings. The summed E-state index contributed by atoms with van der Waals surface area (Å²) in [6, 6.07) is 0.150. The highest BCUT2D eigenvalue weighted by Gasteiger charge is 2.35. The smallest absolute Gasteiger partial charge is 0.215 e. The molecule has 1 aliphatic carbocycles. The Kier molecular flexibility index (Phi) is 4.10. The molecule has 1 saturated heterocycles. The number of hydrogen-bond acceptors (Lipinski definition) is 3. The Labute approximate surface area is 105 Å². The van der Waals surface area contributed by atoms with E-state index in [1.165, 1.54) is 0 Å². The van der Waals surface area contributed by atoms with E-state index in [2.05, 4.69) is 23.9 Å². The molecular formula is C12H24N2O2S. The van der Waals surface area contributed by atoms with Crippen molar-refractivity contribution in [3.8, 4) is 0 Å². The molecule has 0 aromatic heterocycles. The lowest BCUT2D eigenvalue weighted by molar-refractivity contribution is 0.397. The van der Waals surface area contributed by atoms with Crippen molar-refractivity contribution < 1.29 is 8.42 Å². The van der Waals surface area contributed by atoms with Gasteiger partial charge in [-0.2, -0.15) is 0 Å². The maximum Gasteiger partial charge on any atom is 0.215 e. The quantitative estimate of drug-likeness (QED) is 0.799. The first-order valence-corrected chi connectivity index (χ1v) is 8.27. The van der Waals surface area contributed by atoms with E-state index in [1.54, 1.807) is 0 Å². The Bertz CT molecular complexity index is 350. The zero-order valence-corrected chi connectivity index (χ0v) is 11.6. The summed E-state index contributed by atoms with van der Waals surface area (Å²) in [7, 11) is -3.14. The highest BCUT2D eigenvalue weighted by atomic mass is 32.2. The average Bonchev–Trinajstić information content (AvgIpc) is 2.62. The van der Waals surface area contributed by atoms with Gasteiger partial charge in [-0.25, -0.2) is 13.1 Å². The molecule has 1 saturated carbocycles. The fourth-order valence-electron chi connectivity index (χ4n) is 2.92. The topological polar surface area (TPSA) is 58.2 Å². The molecule has 4 unspecified atom stereocenters. The number of piperidine rings is 1. The van der Waals surface area contributed by atoms with Crippen molar-refractivity contribution in [1.82, 2.24) is 10.0 Å². The minimum absolute atomic E-state index is 0.150. The van der Waals surface area contributed by atoms with Gasteiger partial charge in [-0.15, -0.1) is 0 Å². The SMILES string of the molecule is CC1CCC(NS(=O)(=O)C2CCCNC2)C1C. The van der Waals surface area contributed by atoms with Crippen LogP contribution in [0.15, 0.2) is 0 Å². The molecule has 4 atom stereocenters. The summed E-state index contributed by atoms with van der Waals surface area (Å²) >= 11 is 0. The van der Waals surface area contributed by atoms with Gasteiger partial charge in [-0.1, -0.05) is 13.8 Å². The van der Waals surface area contributed by atoms with E-state index in [9.17, 15) is 8.42 Å². The van der Waals surface area contributed by atoms with Crippen molar-refractivity contribution >= 4 is 10.0 Å². The summed E-state index contributed by atoms with van der Waals surface area (Å²) < 4.78 is 27.4. The van der Waals surface area contributed by atoms with E-state index in [4.69, 9.17) is 0 Å². The second-order valence-electron chi connectivity index (χ2n) is 5.65. The van der Waals surface area contributed by atoms with Gasteiger partial charge < -0.3 is 5.32 Å². The molecule has 100 valence electrons. The van der Waals surface area contributed by atoms with Gasteiger partial charge in [0.25, 0.3) is 0 Å². The standard InChI is InChI=1S/C12H24N2O2S/c1-9-5-6-12(10(9)2)14-17(15,16)11-4-3-7-13-8-11/h9-14H,3-8H2,1-2H3. The van der Waals surface area contributed by atoms with Crippen LogP contribution in [0, 0.1) is 11.8 Å². The monoisotopic (exact) mass is 260 g/mol. The van der Waals surface area contributed by atoms with E-state index >= 15 is 0 Å². The maximum absolute atomic E-state index is 12.2. The molecule has 0 spiro atoms. The number of rotatable bonds is 3. The minimum Gasteiger partial charge on any atom is -0.315 e. The Morgan fingerprint density at radius 2 is 1.94 bits per heavy atom. The Balaban J connectivity index is 1.97. The van der Waals surface area contributed by atoms with E-state index in [-0.39, 0.29) is 11.3 Å². The maximum atomic E-state index is 12.2. The molecule has 0 aromatic rings. The highest BCUT2D eigenvalue weighted by Crippen LogP contribution is 2.31. The lowest BCUT2D eigenvalue weighted by Crippen LogP contribution is -2.48. The van der Waals surface area contributed by atoms with Crippen LogP contribution in [-0.2, 0) is 10.0 Å². The van der Waals surface area contributed by atoms with Gasteiger partial charge in [0.2, 0.25) is 10.0 Å². The number of hydrogen-bond donors (Lipinski definition) is 2. The Morgan fingerprint density at radius 3 is 2.47 bits per heavy atom. The summed E-state index contributed by atoms with van der Waals surface area (Å²) in [6.07, 6.45) is 3.88. The molecular weight excluding hydrogens is 236 g/mol. The van der Waals surface area contributed by atoms with Gasteiger partial charge in [-0.3, -0.25) is 0 Å². The van der Waals surface area contributed by atoms with E-state index in [0.29, 0.717) is 18.4 Å². The van der Waals surface area contributed by atoms with Gasteiger partial charge in [0.15, 0.2) is 0 Å². The summed E-state index contributed by atoms with van der Waals surface area (Å²) in [6.45, 7) is 5.92. The van der Waals surface area contributed by atoms with Crippen LogP contribution in [0.5, 0.6) is 0 Å². The first kappa shape index (κ1) is 13.3. The summed E-state index contributed by atoms with van der Waals surface area (Å²) in [5, 5.41) is 2.93. The highest BCUT2D eigenvalue weighted by molar-refractivity contribution is 7.90. The molecule has 17 heavy (non-hydrogen) atoms. The van der Waals surface area contributed by atoms with Crippen LogP contribution in [0.2, 0.25) is 0 Å². The van der Waals surface area contributed by atoms with Crippen LogP contribution >= 0.6 is 0 Å². The van der Waals surface area contributed by atoms with Crippen LogP contribution in [0.1, 0.15) is 39.5 Å². The predicted molar refractivity (Wildman–Crippen MR) is 69.3 cm³/mol. The lowest BCUT2D eigenvalue weighted by atomic mass is 9.98. The zero-order chi connectivity index (χ0) is 12.5. The molecule has 0 amide bonds. The van der Waals surface area contributed by atoms with Crippen molar-refractivity contribution in [2.75, 3.05) is 13.1 Å². The van der Waals surface area contributed by atoms with Crippen molar-refractivity contribution in [2.45, 2.75) is 50.8 Å². The molecule has 2 rings (SSSR count). The molecule has 0 radical (unpaired) electrons. The molecule has 5 heteroatoms. The van der Waals surface area contributed by atoms with E-state index in [0.717, 1.165) is 32.2 Å². The van der Waals surface area contributed by atoms with Crippen molar-refractivity contribution in [1.29, 1.82) is 0 Å². The third kappa shape index (κ3) is 3.01. The second kappa shape index (κ2) is 5.24. The second-order valence-corrected chi connectivity index (χ2v) is 7.64. The number of nitrogens with one attached hydrogen (secondary N) is 2. The normalized spacial score (nSPS) is 39.4. The summed E-state index contributed by atoms with van der Waals surface area (Å²) in [5.74, 6) is 1.09. The van der Waals surface area contributed by atoms with Crippen molar-refractivity contribution in [2.24, 2.45) is 11.8 Å². The van der Waals surface area contributed by atoms with Crippen LogP contribution in [0.25, 0.3) is 0 Å². The minimum atomic E-state index is -3.14. The van der Waals surface area contributed by atoms with E-state index < -0.39 is 10.0 Å².